The first-order valence-electron chi connectivity index (χ1n) is 10.1. The van der Waals surface area contributed by atoms with E-state index in [-0.39, 0.29) is 17.2 Å². The quantitative estimate of drug-likeness (QED) is 0.667. The zero-order valence-electron chi connectivity index (χ0n) is 18.0. The first kappa shape index (κ1) is 22.9. The van der Waals surface area contributed by atoms with Gasteiger partial charge in [-0.2, -0.15) is 4.31 Å². The second-order valence-corrected chi connectivity index (χ2v) is 9.18. The van der Waals surface area contributed by atoms with Crippen LogP contribution in [0.4, 0.5) is 5.69 Å². The number of ether oxygens (including phenoxy) is 3. The van der Waals surface area contributed by atoms with Crippen LogP contribution in [0.25, 0.3) is 0 Å². The van der Waals surface area contributed by atoms with Gasteiger partial charge >= 0.3 is 0 Å². The molecule has 1 fully saturated rings. The Morgan fingerprint density at radius 1 is 0.903 bits per heavy atom. The fourth-order valence-electron chi connectivity index (χ4n) is 3.57. The average molecular weight is 449 g/mol. The number of sulfonamides is 1. The van der Waals surface area contributed by atoms with Crippen LogP contribution >= 0.6 is 0 Å². The number of hydrogen-bond donors (Lipinski definition) is 1. The Balaban J connectivity index is 1.80. The summed E-state index contributed by atoms with van der Waals surface area (Å²) in [5.74, 6) is 1.18. The van der Waals surface area contributed by atoms with Crippen molar-refractivity contribution in [3.05, 3.63) is 42.0 Å². The van der Waals surface area contributed by atoms with Gasteiger partial charge in [0.25, 0.3) is 0 Å². The molecule has 1 N–H and O–H groups in total. The topological polar surface area (TPSA) is 94.2 Å². The molecule has 1 aliphatic heterocycles. The van der Waals surface area contributed by atoms with Crippen molar-refractivity contribution in [3.63, 3.8) is 0 Å². The summed E-state index contributed by atoms with van der Waals surface area (Å²) in [5, 5.41) is 2.77. The molecule has 0 aliphatic carbocycles. The molecule has 168 valence electrons. The number of carbonyl (C=O) groups excluding carboxylic acids is 1. The Labute approximate surface area is 183 Å². The van der Waals surface area contributed by atoms with Gasteiger partial charge in [-0.15, -0.1) is 0 Å². The van der Waals surface area contributed by atoms with Crippen LogP contribution in [-0.4, -0.2) is 53.0 Å². The first-order valence-corrected chi connectivity index (χ1v) is 11.5. The Bertz CT molecular complexity index is 1030. The standard InChI is InChI=1S/C22H28N2O6S/c1-28-19-10-8-17(31(26,27)24-11-5-4-6-12-24)15-18(19)23-22(25)14-16-7-9-20(29-2)21(13-16)30-3/h7-10,13,15H,4-6,11-12,14H2,1-3H3,(H,23,25). The van der Waals surface area contributed by atoms with E-state index in [1.54, 1.807) is 31.4 Å². The number of nitrogens with zero attached hydrogens (tertiary/aromatic N) is 1. The maximum absolute atomic E-state index is 13.0. The molecule has 31 heavy (non-hydrogen) atoms. The van der Waals surface area contributed by atoms with Crippen LogP contribution in [0.5, 0.6) is 17.2 Å². The minimum Gasteiger partial charge on any atom is -0.495 e. The molecule has 0 spiro atoms. The van der Waals surface area contributed by atoms with Gasteiger partial charge < -0.3 is 19.5 Å². The van der Waals surface area contributed by atoms with Gasteiger partial charge in [-0.1, -0.05) is 12.5 Å². The maximum Gasteiger partial charge on any atom is 0.243 e. The van der Waals surface area contributed by atoms with E-state index in [4.69, 9.17) is 14.2 Å². The lowest BCUT2D eigenvalue weighted by Gasteiger charge is -2.26. The number of anilines is 1. The van der Waals surface area contributed by atoms with E-state index < -0.39 is 10.0 Å². The highest BCUT2D eigenvalue weighted by atomic mass is 32.2. The van der Waals surface area contributed by atoms with E-state index in [0.29, 0.717) is 36.0 Å². The van der Waals surface area contributed by atoms with Crippen molar-refractivity contribution in [3.8, 4) is 17.2 Å². The fraction of sp³-hybridized carbons (Fsp3) is 0.409. The number of hydrogen-bond acceptors (Lipinski definition) is 6. The van der Waals surface area contributed by atoms with Gasteiger partial charge in [0.05, 0.1) is 38.3 Å². The number of rotatable bonds is 8. The van der Waals surface area contributed by atoms with Crippen LogP contribution in [0.1, 0.15) is 24.8 Å². The zero-order chi connectivity index (χ0) is 22.4. The molecule has 1 heterocycles. The lowest BCUT2D eigenvalue weighted by Crippen LogP contribution is -2.35. The Morgan fingerprint density at radius 2 is 1.55 bits per heavy atom. The summed E-state index contributed by atoms with van der Waals surface area (Å²) in [4.78, 5) is 12.8. The minimum atomic E-state index is -3.62. The van der Waals surface area contributed by atoms with Crippen molar-refractivity contribution in [2.24, 2.45) is 0 Å². The highest BCUT2D eigenvalue weighted by molar-refractivity contribution is 7.89. The van der Waals surface area contributed by atoms with E-state index in [1.165, 1.54) is 30.7 Å². The van der Waals surface area contributed by atoms with Gasteiger partial charge in [-0.05, 0) is 48.7 Å². The normalized spacial score (nSPS) is 14.7. The SMILES string of the molecule is COc1ccc(S(=O)(=O)N2CCCCC2)cc1NC(=O)Cc1ccc(OC)c(OC)c1. The average Bonchev–Trinajstić information content (AvgIpc) is 2.79. The summed E-state index contributed by atoms with van der Waals surface area (Å²) in [5.41, 5.74) is 1.04. The van der Waals surface area contributed by atoms with Crippen LogP contribution in [-0.2, 0) is 21.2 Å². The maximum atomic E-state index is 13.0. The smallest absolute Gasteiger partial charge is 0.243 e. The number of nitrogens with one attached hydrogen (secondary N) is 1. The molecule has 0 saturated carbocycles. The lowest BCUT2D eigenvalue weighted by atomic mass is 10.1. The van der Waals surface area contributed by atoms with Gasteiger partial charge in [-0.25, -0.2) is 8.42 Å². The predicted octanol–water partition coefficient (Wildman–Crippen LogP) is 3.07. The van der Waals surface area contributed by atoms with Crippen molar-refractivity contribution in [1.29, 1.82) is 0 Å². The molecule has 0 bridgehead atoms. The largest absolute Gasteiger partial charge is 0.495 e. The molecule has 3 rings (SSSR count). The van der Waals surface area contributed by atoms with Crippen molar-refractivity contribution < 1.29 is 27.4 Å². The summed E-state index contributed by atoms with van der Waals surface area (Å²) in [6.45, 7) is 1.02. The Morgan fingerprint density at radius 3 is 2.19 bits per heavy atom. The molecule has 0 aromatic heterocycles. The third-order valence-corrected chi connectivity index (χ3v) is 7.11. The molecule has 1 aliphatic rings. The van der Waals surface area contributed by atoms with Crippen molar-refractivity contribution in [2.45, 2.75) is 30.6 Å². The van der Waals surface area contributed by atoms with E-state index in [0.717, 1.165) is 24.8 Å². The second-order valence-electron chi connectivity index (χ2n) is 7.24. The van der Waals surface area contributed by atoms with E-state index in [1.807, 2.05) is 0 Å². The van der Waals surface area contributed by atoms with Gasteiger partial charge in [0.1, 0.15) is 5.75 Å². The van der Waals surface area contributed by atoms with Gasteiger partial charge in [0.2, 0.25) is 15.9 Å². The van der Waals surface area contributed by atoms with Gasteiger partial charge in [-0.3, -0.25) is 4.79 Å². The van der Waals surface area contributed by atoms with Crippen LogP contribution in [0.3, 0.4) is 0 Å². The molecule has 0 radical (unpaired) electrons. The molecule has 0 unspecified atom stereocenters. The van der Waals surface area contributed by atoms with E-state index >= 15 is 0 Å². The van der Waals surface area contributed by atoms with Crippen LogP contribution in [0, 0.1) is 0 Å². The number of carbonyl (C=O) groups is 1. The molecule has 9 heteroatoms. The van der Waals surface area contributed by atoms with E-state index in [9.17, 15) is 13.2 Å². The molecule has 0 atom stereocenters. The summed E-state index contributed by atoms with van der Waals surface area (Å²) in [6, 6.07) is 9.75. The lowest BCUT2D eigenvalue weighted by molar-refractivity contribution is -0.115. The number of benzene rings is 2. The molecular formula is C22H28N2O6S. The minimum absolute atomic E-state index is 0.0760. The van der Waals surface area contributed by atoms with Gasteiger partial charge in [0.15, 0.2) is 11.5 Å². The van der Waals surface area contributed by atoms with Crippen LogP contribution < -0.4 is 19.5 Å². The molecule has 2 aromatic rings. The third kappa shape index (κ3) is 5.29. The number of piperidine rings is 1. The highest BCUT2D eigenvalue weighted by Gasteiger charge is 2.27. The third-order valence-electron chi connectivity index (χ3n) is 5.21. The number of amides is 1. The predicted molar refractivity (Wildman–Crippen MR) is 117 cm³/mol. The summed E-state index contributed by atoms with van der Waals surface area (Å²) in [6.07, 6.45) is 2.81. The molecular weight excluding hydrogens is 420 g/mol. The monoisotopic (exact) mass is 448 g/mol. The molecule has 1 amide bonds. The molecule has 2 aromatic carbocycles. The van der Waals surface area contributed by atoms with Gasteiger partial charge in [0, 0.05) is 13.1 Å². The van der Waals surface area contributed by atoms with Crippen molar-refractivity contribution in [1.82, 2.24) is 4.31 Å². The Hall–Kier alpha value is -2.78. The van der Waals surface area contributed by atoms with E-state index in [2.05, 4.69) is 5.32 Å². The summed E-state index contributed by atoms with van der Waals surface area (Å²) >= 11 is 0. The Kier molecular flexibility index (Phi) is 7.40. The van der Waals surface area contributed by atoms with Crippen molar-refractivity contribution >= 4 is 21.6 Å². The van der Waals surface area contributed by atoms with Crippen LogP contribution in [0.2, 0.25) is 0 Å². The molecule has 1 saturated heterocycles. The zero-order valence-corrected chi connectivity index (χ0v) is 18.8. The number of methoxy groups -OCH3 is 3. The summed E-state index contributed by atoms with van der Waals surface area (Å²) < 4.78 is 43.3. The highest BCUT2D eigenvalue weighted by Crippen LogP contribution is 2.31. The second kappa shape index (κ2) is 10.0. The van der Waals surface area contributed by atoms with Crippen molar-refractivity contribution in [2.75, 3.05) is 39.7 Å². The van der Waals surface area contributed by atoms with Crippen LogP contribution in [0.15, 0.2) is 41.3 Å². The molecule has 8 nitrogen and oxygen atoms in total. The summed E-state index contributed by atoms with van der Waals surface area (Å²) in [7, 11) is 0.917. The fourth-order valence-corrected chi connectivity index (χ4v) is 5.11. The first-order chi connectivity index (χ1) is 14.9.